The van der Waals surface area contributed by atoms with Gasteiger partial charge in [-0.3, -0.25) is 9.78 Å². The zero-order valence-corrected chi connectivity index (χ0v) is 13.8. The van der Waals surface area contributed by atoms with Gasteiger partial charge < -0.3 is 10.0 Å². The van der Waals surface area contributed by atoms with E-state index in [0.29, 0.717) is 17.5 Å². The van der Waals surface area contributed by atoms with Crippen LogP contribution in [0.1, 0.15) is 30.5 Å². The molecule has 0 aliphatic heterocycles. The summed E-state index contributed by atoms with van der Waals surface area (Å²) in [6.45, 7) is 1.84. The molecule has 1 N–H and O–H groups in total. The molecule has 0 spiro atoms. The van der Waals surface area contributed by atoms with E-state index < -0.39 is 0 Å². The summed E-state index contributed by atoms with van der Waals surface area (Å²) in [5.41, 5.74) is 2.18. The Bertz CT molecular complexity index is 862. The van der Waals surface area contributed by atoms with E-state index in [-0.39, 0.29) is 17.7 Å². The van der Waals surface area contributed by atoms with Gasteiger partial charge in [0.15, 0.2) is 0 Å². The number of amides is 1. The molecule has 1 unspecified atom stereocenters. The summed E-state index contributed by atoms with van der Waals surface area (Å²) in [6, 6.07) is 16.9. The molecule has 2 aromatic carbocycles. The molecule has 3 aromatic rings. The second-order valence-corrected chi connectivity index (χ2v) is 5.75. The molecule has 122 valence electrons. The van der Waals surface area contributed by atoms with Gasteiger partial charge in [-0.2, -0.15) is 0 Å². The van der Waals surface area contributed by atoms with Crippen LogP contribution in [-0.2, 0) is 4.79 Å². The lowest BCUT2D eigenvalue weighted by Gasteiger charge is -2.29. The number of aromatic nitrogens is 1. The number of benzene rings is 2. The van der Waals surface area contributed by atoms with Crippen molar-refractivity contribution in [1.82, 2.24) is 9.88 Å². The molecule has 0 saturated heterocycles. The van der Waals surface area contributed by atoms with Crippen molar-refractivity contribution in [2.75, 3.05) is 7.05 Å². The summed E-state index contributed by atoms with van der Waals surface area (Å²) in [5.74, 6) is 0.141. The Morgan fingerprint density at radius 1 is 1.12 bits per heavy atom. The smallest absolute Gasteiger partial charge is 0.222 e. The van der Waals surface area contributed by atoms with Crippen LogP contribution in [0.25, 0.3) is 10.9 Å². The third-order valence-corrected chi connectivity index (χ3v) is 4.27. The number of nitrogens with zero attached hydrogens (tertiary/aromatic N) is 2. The lowest BCUT2D eigenvalue weighted by atomic mass is 9.95. The van der Waals surface area contributed by atoms with Crippen molar-refractivity contribution >= 4 is 16.8 Å². The number of carbonyl (C=O) groups is 1. The molecule has 0 fully saturated rings. The number of carbonyl (C=O) groups excluding carboxylic acids is 1. The standard InChI is InChI=1S/C20H20N2O2/c1-3-17(23)22(2)19(15-8-5-4-6-9-15)16-12-11-14-10-7-13-21-18(14)20(16)24/h4-13,19,24H,3H2,1-2H3. The maximum Gasteiger partial charge on any atom is 0.222 e. The topological polar surface area (TPSA) is 53.4 Å². The maximum atomic E-state index is 12.3. The number of pyridine rings is 1. The molecule has 24 heavy (non-hydrogen) atoms. The van der Waals surface area contributed by atoms with E-state index in [0.717, 1.165) is 10.9 Å². The van der Waals surface area contributed by atoms with E-state index >= 15 is 0 Å². The van der Waals surface area contributed by atoms with Gasteiger partial charge in [0.25, 0.3) is 0 Å². The molecule has 1 aromatic heterocycles. The largest absolute Gasteiger partial charge is 0.505 e. The second kappa shape index (κ2) is 6.71. The third kappa shape index (κ3) is 2.83. The van der Waals surface area contributed by atoms with Crippen molar-refractivity contribution < 1.29 is 9.90 Å². The Labute approximate surface area is 141 Å². The Kier molecular flexibility index (Phi) is 4.47. The van der Waals surface area contributed by atoms with Crippen molar-refractivity contribution in [2.45, 2.75) is 19.4 Å². The lowest BCUT2D eigenvalue weighted by Crippen LogP contribution is -2.31. The fourth-order valence-corrected chi connectivity index (χ4v) is 3.01. The van der Waals surface area contributed by atoms with Crippen molar-refractivity contribution in [3.8, 4) is 5.75 Å². The van der Waals surface area contributed by atoms with Crippen molar-refractivity contribution in [3.05, 3.63) is 71.9 Å². The van der Waals surface area contributed by atoms with Gasteiger partial charge in [0, 0.05) is 30.6 Å². The first-order valence-electron chi connectivity index (χ1n) is 8.00. The van der Waals surface area contributed by atoms with Gasteiger partial charge in [-0.15, -0.1) is 0 Å². The number of hydrogen-bond acceptors (Lipinski definition) is 3. The minimum atomic E-state index is -0.356. The summed E-state index contributed by atoms with van der Waals surface area (Å²) in [4.78, 5) is 18.3. The number of phenolic OH excluding ortho intramolecular Hbond substituents is 1. The van der Waals surface area contributed by atoms with Crippen molar-refractivity contribution in [2.24, 2.45) is 0 Å². The second-order valence-electron chi connectivity index (χ2n) is 5.75. The summed E-state index contributed by atoms with van der Waals surface area (Å²) in [7, 11) is 1.77. The molecule has 4 heteroatoms. The number of rotatable bonds is 4. The highest BCUT2D eigenvalue weighted by Gasteiger charge is 2.26. The van der Waals surface area contributed by atoms with Crippen LogP contribution in [0.4, 0.5) is 0 Å². The molecule has 0 aliphatic carbocycles. The van der Waals surface area contributed by atoms with E-state index in [1.165, 1.54) is 0 Å². The van der Waals surface area contributed by atoms with Crippen LogP contribution in [0.5, 0.6) is 5.75 Å². The summed E-state index contributed by atoms with van der Waals surface area (Å²) >= 11 is 0. The van der Waals surface area contributed by atoms with Gasteiger partial charge in [0.2, 0.25) is 5.91 Å². The van der Waals surface area contributed by atoms with Crippen LogP contribution in [-0.4, -0.2) is 27.9 Å². The number of phenols is 1. The summed E-state index contributed by atoms with van der Waals surface area (Å²) < 4.78 is 0. The number of fused-ring (bicyclic) bond motifs is 1. The molecule has 3 rings (SSSR count). The van der Waals surface area contributed by atoms with Gasteiger partial charge in [0.05, 0.1) is 6.04 Å². The van der Waals surface area contributed by atoms with E-state index in [4.69, 9.17) is 0 Å². The minimum absolute atomic E-state index is 0.0179. The Morgan fingerprint density at radius 2 is 1.88 bits per heavy atom. The number of hydrogen-bond donors (Lipinski definition) is 1. The van der Waals surface area contributed by atoms with Gasteiger partial charge in [-0.25, -0.2) is 0 Å². The van der Waals surface area contributed by atoms with Crippen molar-refractivity contribution in [1.29, 1.82) is 0 Å². The van der Waals surface area contributed by atoms with Crippen LogP contribution in [0.3, 0.4) is 0 Å². The quantitative estimate of drug-likeness (QED) is 0.793. The average molecular weight is 320 g/mol. The highest BCUT2D eigenvalue weighted by Crippen LogP contribution is 2.37. The molecule has 1 atom stereocenters. The van der Waals surface area contributed by atoms with Crippen LogP contribution in [0.15, 0.2) is 60.8 Å². The van der Waals surface area contributed by atoms with E-state index in [2.05, 4.69) is 4.98 Å². The van der Waals surface area contributed by atoms with E-state index in [1.807, 2.05) is 61.5 Å². The van der Waals surface area contributed by atoms with Gasteiger partial charge >= 0.3 is 0 Å². The Morgan fingerprint density at radius 3 is 2.58 bits per heavy atom. The fraction of sp³-hybridized carbons (Fsp3) is 0.200. The predicted molar refractivity (Wildman–Crippen MR) is 94.8 cm³/mol. The van der Waals surface area contributed by atoms with E-state index in [1.54, 1.807) is 18.1 Å². The SMILES string of the molecule is CCC(=O)N(C)C(c1ccccc1)c1ccc2cccnc2c1O. The number of aromatic hydroxyl groups is 1. The predicted octanol–water partition coefficient (Wildman–Crippen LogP) is 3.90. The first-order valence-corrected chi connectivity index (χ1v) is 8.00. The monoisotopic (exact) mass is 320 g/mol. The van der Waals surface area contributed by atoms with Gasteiger partial charge in [-0.05, 0) is 11.6 Å². The zero-order valence-electron chi connectivity index (χ0n) is 13.8. The normalized spacial score (nSPS) is 12.1. The molecule has 4 nitrogen and oxygen atoms in total. The fourth-order valence-electron chi connectivity index (χ4n) is 3.01. The Hall–Kier alpha value is -2.88. The van der Waals surface area contributed by atoms with Gasteiger partial charge in [-0.1, -0.05) is 55.5 Å². The summed E-state index contributed by atoms with van der Waals surface area (Å²) in [6.07, 6.45) is 2.07. The molecule has 0 saturated carbocycles. The molecule has 1 heterocycles. The van der Waals surface area contributed by atoms with Crippen LogP contribution < -0.4 is 0 Å². The molecule has 0 bridgehead atoms. The zero-order chi connectivity index (χ0) is 17.1. The van der Waals surface area contributed by atoms with Crippen LogP contribution in [0, 0.1) is 0 Å². The summed E-state index contributed by atoms with van der Waals surface area (Å²) in [5, 5.41) is 11.7. The lowest BCUT2D eigenvalue weighted by molar-refractivity contribution is -0.131. The molecule has 0 aliphatic rings. The third-order valence-electron chi connectivity index (χ3n) is 4.27. The highest BCUT2D eigenvalue weighted by molar-refractivity contribution is 5.86. The first-order chi connectivity index (χ1) is 11.6. The van der Waals surface area contributed by atoms with Crippen LogP contribution >= 0.6 is 0 Å². The average Bonchev–Trinajstić information content (AvgIpc) is 2.64. The van der Waals surface area contributed by atoms with E-state index in [9.17, 15) is 9.90 Å². The molecule has 0 radical (unpaired) electrons. The molecular formula is C20H20N2O2. The van der Waals surface area contributed by atoms with Crippen molar-refractivity contribution in [3.63, 3.8) is 0 Å². The molecular weight excluding hydrogens is 300 g/mol. The minimum Gasteiger partial charge on any atom is -0.505 e. The van der Waals surface area contributed by atoms with Crippen LogP contribution in [0.2, 0.25) is 0 Å². The first kappa shape index (κ1) is 16.0. The van der Waals surface area contributed by atoms with Gasteiger partial charge in [0.1, 0.15) is 11.3 Å². The Balaban J connectivity index is 2.19. The molecule has 1 amide bonds. The highest BCUT2D eigenvalue weighted by atomic mass is 16.3. The maximum absolute atomic E-state index is 12.3.